The number of carbonyl (C=O) groups is 2. The van der Waals surface area contributed by atoms with Crippen LogP contribution in [0, 0.1) is 5.92 Å². The Balaban J connectivity index is 2.10. The number of carbonyl (C=O) groups excluding carboxylic acids is 2. The maximum absolute atomic E-state index is 11.1. The molecule has 0 bridgehead atoms. The molecule has 0 aromatic heterocycles. The number of rotatable bonds is 6. The summed E-state index contributed by atoms with van der Waals surface area (Å²) >= 11 is 0. The Bertz CT molecular complexity index is 210. The van der Waals surface area contributed by atoms with Gasteiger partial charge in [-0.15, -0.1) is 0 Å². The lowest BCUT2D eigenvalue weighted by molar-refractivity contribution is -0.134. The monoisotopic (exact) mass is 211 g/mol. The van der Waals surface area contributed by atoms with Gasteiger partial charge >= 0.3 is 0 Å². The van der Waals surface area contributed by atoms with Crippen molar-refractivity contribution in [2.24, 2.45) is 5.92 Å². The summed E-state index contributed by atoms with van der Waals surface area (Å²) in [7, 11) is 0. The quantitative estimate of drug-likeness (QED) is 0.541. The van der Waals surface area contributed by atoms with E-state index in [0.29, 0.717) is 18.8 Å². The van der Waals surface area contributed by atoms with E-state index >= 15 is 0 Å². The van der Waals surface area contributed by atoms with Gasteiger partial charge in [-0.2, -0.15) is 0 Å². The highest BCUT2D eigenvalue weighted by Crippen LogP contribution is 2.20. The van der Waals surface area contributed by atoms with E-state index in [1.54, 1.807) is 0 Å². The third-order valence-corrected chi connectivity index (χ3v) is 2.94. The molecular formula is C12H21NO2. The standard InChI is InChI=1S/C12H21NO2/c1-2-3-4-5-6-7-10-8-11(14)13-12(15)9-10/h10H,2-9H2,1H3,(H,13,14,15). The van der Waals surface area contributed by atoms with Gasteiger partial charge in [-0.3, -0.25) is 14.9 Å². The number of imide groups is 1. The topological polar surface area (TPSA) is 46.2 Å². The van der Waals surface area contributed by atoms with Crippen LogP contribution in [0.15, 0.2) is 0 Å². The number of nitrogens with one attached hydrogen (secondary N) is 1. The van der Waals surface area contributed by atoms with E-state index in [4.69, 9.17) is 0 Å². The fraction of sp³-hybridized carbons (Fsp3) is 0.833. The van der Waals surface area contributed by atoms with Crippen LogP contribution < -0.4 is 5.32 Å². The average molecular weight is 211 g/mol. The third-order valence-electron chi connectivity index (χ3n) is 2.94. The summed E-state index contributed by atoms with van der Waals surface area (Å²) < 4.78 is 0. The van der Waals surface area contributed by atoms with Crippen LogP contribution in [-0.2, 0) is 9.59 Å². The van der Waals surface area contributed by atoms with Crippen molar-refractivity contribution in [1.29, 1.82) is 0 Å². The predicted octanol–water partition coefficient (Wildman–Crippen LogP) is 2.40. The second kappa shape index (κ2) is 6.59. The summed E-state index contributed by atoms with van der Waals surface area (Å²) in [5.74, 6) is 0.113. The van der Waals surface area contributed by atoms with Gasteiger partial charge in [0.15, 0.2) is 0 Å². The minimum atomic E-state index is -0.0928. The van der Waals surface area contributed by atoms with Crippen LogP contribution in [0.4, 0.5) is 0 Å². The number of hydrogen-bond donors (Lipinski definition) is 1. The van der Waals surface area contributed by atoms with E-state index in [-0.39, 0.29) is 11.8 Å². The Morgan fingerprint density at radius 1 is 1.07 bits per heavy atom. The minimum Gasteiger partial charge on any atom is -0.296 e. The molecule has 0 atom stereocenters. The molecule has 0 saturated carbocycles. The summed E-state index contributed by atoms with van der Waals surface area (Å²) in [4.78, 5) is 22.2. The molecule has 1 N–H and O–H groups in total. The predicted molar refractivity (Wildman–Crippen MR) is 59.2 cm³/mol. The first-order valence-electron chi connectivity index (χ1n) is 6.05. The van der Waals surface area contributed by atoms with Crippen molar-refractivity contribution in [2.45, 2.75) is 58.3 Å². The zero-order valence-electron chi connectivity index (χ0n) is 9.55. The van der Waals surface area contributed by atoms with Gasteiger partial charge in [0.2, 0.25) is 11.8 Å². The molecule has 0 spiro atoms. The highest BCUT2D eigenvalue weighted by Gasteiger charge is 2.23. The van der Waals surface area contributed by atoms with E-state index in [1.165, 1.54) is 25.7 Å². The van der Waals surface area contributed by atoms with Crippen molar-refractivity contribution in [1.82, 2.24) is 5.32 Å². The lowest BCUT2D eigenvalue weighted by Crippen LogP contribution is -2.38. The zero-order chi connectivity index (χ0) is 11.1. The highest BCUT2D eigenvalue weighted by molar-refractivity contribution is 5.97. The summed E-state index contributed by atoms with van der Waals surface area (Å²) in [5.41, 5.74) is 0. The smallest absolute Gasteiger partial charge is 0.226 e. The molecule has 0 aliphatic carbocycles. The van der Waals surface area contributed by atoms with Gasteiger partial charge in [0.1, 0.15) is 0 Å². The summed E-state index contributed by atoms with van der Waals surface area (Å²) in [5, 5.41) is 2.34. The van der Waals surface area contributed by atoms with Crippen molar-refractivity contribution >= 4 is 11.8 Å². The van der Waals surface area contributed by atoms with E-state index in [2.05, 4.69) is 12.2 Å². The largest absolute Gasteiger partial charge is 0.296 e. The van der Waals surface area contributed by atoms with Crippen LogP contribution in [0.5, 0.6) is 0 Å². The van der Waals surface area contributed by atoms with E-state index in [0.717, 1.165) is 12.8 Å². The van der Waals surface area contributed by atoms with Gasteiger partial charge in [-0.05, 0) is 12.3 Å². The van der Waals surface area contributed by atoms with Gasteiger partial charge in [0.25, 0.3) is 0 Å². The zero-order valence-corrected chi connectivity index (χ0v) is 9.55. The van der Waals surface area contributed by atoms with Crippen LogP contribution in [0.25, 0.3) is 0 Å². The van der Waals surface area contributed by atoms with Crippen LogP contribution in [-0.4, -0.2) is 11.8 Å². The molecule has 0 aromatic carbocycles. The van der Waals surface area contributed by atoms with E-state index in [1.807, 2.05) is 0 Å². The molecule has 1 heterocycles. The fourth-order valence-electron chi connectivity index (χ4n) is 2.09. The Morgan fingerprint density at radius 3 is 2.27 bits per heavy atom. The number of piperidine rings is 1. The molecule has 1 aliphatic rings. The first-order chi connectivity index (χ1) is 7.22. The number of hydrogen-bond acceptors (Lipinski definition) is 2. The molecule has 0 unspecified atom stereocenters. The van der Waals surface area contributed by atoms with Crippen molar-refractivity contribution in [3.63, 3.8) is 0 Å². The summed E-state index contributed by atoms with van der Waals surface area (Å²) in [6.07, 6.45) is 8.34. The Kier molecular flexibility index (Phi) is 5.37. The van der Waals surface area contributed by atoms with Gasteiger partial charge in [0.05, 0.1) is 0 Å². The van der Waals surface area contributed by atoms with Crippen LogP contribution in [0.1, 0.15) is 58.3 Å². The highest BCUT2D eigenvalue weighted by atomic mass is 16.2. The fourth-order valence-corrected chi connectivity index (χ4v) is 2.09. The van der Waals surface area contributed by atoms with Crippen molar-refractivity contribution < 1.29 is 9.59 Å². The first-order valence-corrected chi connectivity index (χ1v) is 6.05. The van der Waals surface area contributed by atoms with Gasteiger partial charge in [0, 0.05) is 12.8 Å². The van der Waals surface area contributed by atoms with Crippen LogP contribution >= 0.6 is 0 Å². The van der Waals surface area contributed by atoms with Crippen molar-refractivity contribution in [3.8, 4) is 0 Å². The van der Waals surface area contributed by atoms with Crippen LogP contribution in [0.3, 0.4) is 0 Å². The van der Waals surface area contributed by atoms with Gasteiger partial charge in [-0.1, -0.05) is 39.0 Å². The van der Waals surface area contributed by atoms with E-state index in [9.17, 15) is 9.59 Å². The lowest BCUT2D eigenvalue weighted by atomic mass is 9.91. The maximum Gasteiger partial charge on any atom is 0.226 e. The SMILES string of the molecule is CCCCCCCC1CC(=O)NC(=O)C1. The molecule has 0 radical (unpaired) electrons. The second-order valence-electron chi connectivity index (χ2n) is 4.45. The van der Waals surface area contributed by atoms with Crippen LogP contribution in [0.2, 0.25) is 0 Å². The maximum atomic E-state index is 11.1. The molecule has 1 rings (SSSR count). The molecule has 2 amide bonds. The third kappa shape index (κ3) is 4.96. The summed E-state index contributed by atoms with van der Waals surface area (Å²) in [6, 6.07) is 0. The number of unbranched alkanes of at least 4 members (excludes halogenated alkanes) is 4. The normalized spacial score (nSPS) is 17.9. The Morgan fingerprint density at radius 2 is 1.67 bits per heavy atom. The number of amides is 2. The molecule has 15 heavy (non-hydrogen) atoms. The first kappa shape index (κ1) is 12.2. The Hall–Kier alpha value is -0.860. The Labute approximate surface area is 91.6 Å². The molecular weight excluding hydrogens is 190 g/mol. The average Bonchev–Trinajstić information content (AvgIpc) is 2.16. The molecule has 0 aromatic rings. The van der Waals surface area contributed by atoms with Gasteiger partial charge < -0.3 is 0 Å². The molecule has 1 aliphatic heterocycles. The second-order valence-corrected chi connectivity index (χ2v) is 4.45. The molecule has 3 heteroatoms. The molecule has 1 saturated heterocycles. The molecule has 86 valence electrons. The van der Waals surface area contributed by atoms with Gasteiger partial charge in [-0.25, -0.2) is 0 Å². The van der Waals surface area contributed by atoms with E-state index < -0.39 is 0 Å². The van der Waals surface area contributed by atoms with Crippen molar-refractivity contribution in [2.75, 3.05) is 0 Å². The van der Waals surface area contributed by atoms with Crippen molar-refractivity contribution in [3.05, 3.63) is 0 Å². The molecule has 1 fully saturated rings. The minimum absolute atomic E-state index is 0.0928. The summed E-state index contributed by atoms with van der Waals surface area (Å²) in [6.45, 7) is 2.20. The molecule has 3 nitrogen and oxygen atoms in total. The lowest BCUT2D eigenvalue weighted by Gasteiger charge is -2.20.